The van der Waals surface area contributed by atoms with Crippen molar-refractivity contribution in [1.29, 1.82) is 0 Å². The van der Waals surface area contributed by atoms with Gasteiger partial charge < -0.3 is 15.3 Å². The Balaban J connectivity index is 2.02. The fourth-order valence-corrected chi connectivity index (χ4v) is 2.39. The number of carboxylic acid groups (broad SMARTS) is 1. The van der Waals surface area contributed by atoms with E-state index < -0.39 is 12.0 Å². The first kappa shape index (κ1) is 15.2. The third-order valence-electron chi connectivity index (χ3n) is 3.79. The third kappa shape index (κ3) is 3.49. The number of hydrogen-bond acceptors (Lipinski definition) is 5. The summed E-state index contributed by atoms with van der Waals surface area (Å²) < 4.78 is 0. The molecule has 1 amide bonds. The van der Waals surface area contributed by atoms with E-state index in [0.29, 0.717) is 18.8 Å². The number of amides is 1. The maximum absolute atomic E-state index is 11.6. The van der Waals surface area contributed by atoms with E-state index in [1.165, 1.54) is 0 Å². The maximum atomic E-state index is 11.6. The van der Waals surface area contributed by atoms with Gasteiger partial charge >= 0.3 is 5.97 Å². The van der Waals surface area contributed by atoms with Crippen molar-refractivity contribution in [3.05, 3.63) is 24.0 Å². The second kappa shape index (κ2) is 6.53. The van der Waals surface area contributed by atoms with Crippen LogP contribution in [0.3, 0.4) is 0 Å². The monoisotopic (exact) mass is 292 g/mol. The van der Waals surface area contributed by atoms with Crippen LogP contribution >= 0.6 is 0 Å². The van der Waals surface area contributed by atoms with Crippen LogP contribution in [0.2, 0.25) is 0 Å². The molecule has 0 spiro atoms. The fourth-order valence-electron chi connectivity index (χ4n) is 2.39. The van der Waals surface area contributed by atoms with Gasteiger partial charge in [0.25, 0.3) is 5.91 Å². The van der Waals surface area contributed by atoms with E-state index in [1.807, 2.05) is 11.0 Å². The highest BCUT2D eigenvalue weighted by molar-refractivity contribution is 5.92. The van der Waals surface area contributed by atoms with Gasteiger partial charge in [0.1, 0.15) is 11.7 Å². The normalized spacial score (nSPS) is 17.3. The van der Waals surface area contributed by atoms with Crippen LogP contribution in [0.25, 0.3) is 0 Å². The lowest BCUT2D eigenvalue weighted by Crippen LogP contribution is -2.51. The molecule has 0 aliphatic carbocycles. The van der Waals surface area contributed by atoms with Gasteiger partial charge in [-0.25, -0.2) is 0 Å². The molecule has 0 saturated carbocycles. The van der Waals surface area contributed by atoms with Gasteiger partial charge in [0.15, 0.2) is 0 Å². The van der Waals surface area contributed by atoms with Crippen LogP contribution in [0.4, 0.5) is 5.69 Å². The fraction of sp³-hybridized carbons (Fsp3) is 0.500. The van der Waals surface area contributed by atoms with E-state index in [0.717, 1.165) is 18.8 Å². The molecule has 1 aliphatic heterocycles. The number of rotatable bonds is 4. The lowest BCUT2D eigenvalue weighted by atomic mass is 10.2. The Morgan fingerprint density at radius 2 is 2.00 bits per heavy atom. The Labute approximate surface area is 123 Å². The average molecular weight is 292 g/mol. The van der Waals surface area contributed by atoms with E-state index in [2.05, 4.69) is 15.2 Å². The predicted octanol–water partition coefficient (Wildman–Crippen LogP) is 0.0363. The second-order valence-corrected chi connectivity index (χ2v) is 5.02. The molecule has 1 fully saturated rings. The number of nitrogens with one attached hydrogen (secondary N) is 1. The zero-order chi connectivity index (χ0) is 15.4. The molecule has 2 heterocycles. The molecule has 114 valence electrons. The lowest BCUT2D eigenvalue weighted by molar-refractivity contribution is -0.142. The Morgan fingerprint density at radius 1 is 1.33 bits per heavy atom. The Kier molecular flexibility index (Phi) is 4.74. The maximum Gasteiger partial charge on any atom is 0.320 e. The number of piperazine rings is 1. The molecule has 1 atom stereocenters. The van der Waals surface area contributed by atoms with Crippen LogP contribution in [0.5, 0.6) is 0 Å². The van der Waals surface area contributed by atoms with Crippen molar-refractivity contribution in [2.75, 3.05) is 38.1 Å². The van der Waals surface area contributed by atoms with Crippen molar-refractivity contribution in [3.63, 3.8) is 0 Å². The summed E-state index contributed by atoms with van der Waals surface area (Å²) in [6.45, 7) is 4.54. The van der Waals surface area contributed by atoms with Crippen LogP contribution in [0, 0.1) is 0 Å². The van der Waals surface area contributed by atoms with E-state index in [-0.39, 0.29) is 5.91 Å². The van der Waals surface area contributed by atoms with Crippen LogP contribution in [-0.2, 0) is 4.79 Å². The minimum absolute atomic E-state index is 0.213. The topological polar surface area (TPSA) is 85.8 Å². The zero-order valence-corrected chi connectivity index (χ0v) is 12.2. The van der Waals surface area contributed by atoms with Gasteiger partial charge in [-0.2, -0.15) is 0 Å². The Hall–Kier alpha value is -2.15. The SMILES string of the molecule is CNC(=O)c1cc(N2CCN(C(C)C(=O)O)CC2)ccn1. The van der Waals surface area contributed by atoms with Crippen molar-refractivity contribution in [2.24, 2.45) is 0 Å². The highest BCUT2D eigenvalue weighted by Gasteiger charge is 2.25. The summed E-state index contributed by atoms with van der Waals surface area (Å²) in [6, 6.07) is 3.16. The number of hydrogen-bond donors (Lipinski definition) is 2. The standard InChI is InChI=1S/C14H20N4O3/c1-10(14(20)21)17-5-7-18(8-6-17)11-3-4-16-12(9-11)13(19)15-2/h3-4,9-10H,5-8H2,1-2H3,(H,15,19)(H,20,21). The number of anilines is 1. The summed E-state index contributed by atoms with van der Waals surface area (Å²) in [5.74, 6) is -1.01. The first-order valence-corrected chi connectivity index (χ1v) is 6.93. The number of pyridine rings is 1. The number of aromatic nitrogens is 1. The van der Waals surface area contributed by atoms with E-state index in [1.54, 1.807) is 26.2 Å². The van der Waals surface area contributed by atoms with Gasteiger partial charge in [0.2, 0.25) is 0 Å². The summed E-state index contributed by atoms with van der Waals surface area (Å²) in [5.41, 5.74) is 1.32. The van der Waals surface area contributed by atoms with Gasteiger partial charge in [-0.1, -0.05) is 0 Å². The molecule has 1 aromatic heterocycles. The highest BCUT2D eigenvalue weighted by atomic mass is 16.4. The lowest BCUT2D eigenvalue weighted by Gasteiger charge is -2.37. The van der Waals surface area contributed by atoms with Crippen molar-refractivity contribution in [3.8, 4) is 0 Å². The van der Waals surface area contributed by atoms with Crippen LogP contribution < -0.4 is 10.2 Å². The summed E-state index contributed by atoms with van der Waals surface area (Å²) >= 11 is 0. The number of carbonyl (C=O) groups is 2. The molecule has 0 aromatic carbocycles. The number of nitrogens with zero attached hydrogens (tertiary/aromatic N) is 3. The number of carbonyl (C=O) groups excluding carboxylic acids is 1. The van der Waals surface area contributed by atoms with E-state index in [4.69, 9.17) is 5.11 Å². The minimum Gasteiger partial charge on any atom is -0.480 e. The largest absolute Gasteiger partial charge is 0.480 e. The first-order valence-electron chi connectivity index (χ1n) is 6.93. The van der Waals surface area contributed by atoms with Gasteiger partial charge in [-0.3, -0.25) is 19.5 Å². The van der Waals surface area contributed by atoms with Gasteiger partial charge in [-0.05, 0) is 19.1 Å². The molecule has 7 heteroatoms. The minimum atomic E-state index is -0.797. The molecule has 1 unspecified atom stereocenters. The van der Waals surface area contributed by atoms with E-state index >= 15 is 0 Å². The molecule has 2 rings (SSSR count). The van der Waals surface area contributed by atoms with E-state index in [9.17, 15) is 9.59 Å². The second-order valence-electron chi connectivity index (χ2n) is 5.02. The van der Waals surface area contributed by atoms with Crippen LogP contribution in [-0.4, -0.2) is 66.1 Å². The van der Waals surface area contributed by atoms with Crippen molar-refractivity contribution < 1.29 is 14.7 Å². The summed E-state index contributed by atoms with van der Waals surface area (Å²) in [4.78, 5) is 30.7. The summed E-state index contributed by atoms with van der Waals surface area (Å²) in [7, 11) is 1.57. The molecule has 2 N–H and O–H groups in total. The molecule has 0 bridgehead atoms. The van der Waals surface area contributed by atoms with Crippen molar-refractivity contribution >= 4 is 17.6 Å². The Bertz CT molecular complexity index is 527. The van der Waals surface area contributed by atoms with Crippen LogP contribution in [0.1, 0.15) is 17.4 Å². The number of carboxylic acids is 1. The quantitative estimate of drug-likeness (QED) is 0.815. The molecule has 1 aromatic rings. The predicted molar refractivity (Wildman–Crippen MR) is 78.5 cm³/mol. The van der Waals surface area contributed by atoms with Gasteiger partial charge in [-0.15, -0.1) is 0 Å². The highest BCUT2D eigenvalue weighted by Crippen LogP contribution is 2.17. The van der Waals surface area contributed by atoms with Gasteiger partial charge in [0.05, 0.1) is 0 Å². The zero-order valence-electron chi connectivity index (χ0n) is 12.2. The summed E-state index contributed by atoms with van der Waals surface area (Å²) in [6.07, 6.45) is 1.62. The van der Waals surface area contributed by atoms with Gasteiger partial charge in [0, 0.05) is 45.1 Å². The third-order valence-corrected chi connectivity index (χ3v) is 3.79. The first-order chi connectivity index (χ1) is 10.0. The molecular formula is C14H20N4O3. The molecular weight excluding hydrogens is 272 g/mol. The number of aliphatic carboxylic acids is 1. The molecule has 21 heavy (non-hydrogen) atoms. The summed E-state index contributed by atoms with van der Waals surface area (Å²) in [5, 5.41) is 11.6. The van der Waals surface area contributed by atoms with Crippen LogP contribution in [0.15, 0.2) is 18.3 Å². The molecule has 1 saturated heterocycles. The average Bonchev–Trinajstić information content (AvgIpc) is 2.53. The Morgan fingerprint density at radius 3 is 2.57 bits per heavy atom. The smallest absolute Gasteiger partial charge is 0.320 e. The van der Waals surface area contributed by atoms with Crippen molar-refractivity contribution in [2.45, 2.75) is 13.0 Å². The van der Waals surface area contributed by atoms with Crippen molar-refractivity contribution in [1.82, 2.24) is 15.2 Å². The molecule has 0 radical (unpaired) electrons. The molecule has 1 aliphatic rings. The molecule has 7 nitrogen and oxygen atoms in total.